The monoisotopic (exact) mass is 381 g/mol. The fourth-order valence-corrected chi connectivity index (χ4v) is 2.39. The van der Waals surface area contributed by atoms with Crippen LogP contribution in [0.3, 0.4) is 0 Å². The quantitative estimate of drug-likeness (QED) is 0.795. The number of hydrogen-bond acceptors (Lipinski definition) is 3. The molecule has 0 aliphatic carbocycles. The number of phenolic OH excluding ortho intramolecular Hbond substituents is 1. The first-order valence-corrected chi connectivity index (χ1v) is 8.31. The van der Waals surface area contributed by atoms with Gasteiger partial charge in [0.05, 0.1) is 5.56 Å². The van der Waals surface area contributed by atoms with Gasteiger partial charge in [-0.05, 0) is 56.1 Å². The molecule has 0 aromatic heterocycles. The molecular weight excluding hydrogens is 359 g/mol. The Morgan fingerprint density at radius 2 is 1.74 bits per heavy atom. The molecule has 0 saturated heterocycles. The lowest BCUT2D eigenvalue weighted by atomic mass is 10.2. The van der Waals surface area contributed by atoms with Gasteiger partial charge in [-0.25, -0.2) is 4.79 Å². The van der Waals surface area contributed by atoms with Crippen molar-refractivity contribution in [2.24, 2.45) is 0 Å². The number of amides is 2. The topological polar surface area (TPSA) is 55.8 Å². The molecule has 0 unspecified atom stereocenters. The Kier molecular flexibility index (Phi) is 6.68. The molecule has 0 heterocycles. The third-order valence-corrected chi connectivity index (χ3v) is 3.85. The number of nitrogens with zero attached hydrogens (tertiary/aromatic N) is 2. The summed E-state index contributed by atoms with van der Waals surface area (Å²) < 4.78 is 37.9. The maximum atomic E-state index is 12.6. The number of urea groups is 1. The molecule has 2 aromatic rings. The molecule has 2 N–H and O–H groups in total. The number of aromatic hydroxyl groups is 1. The van der Waals surface area contributed by atoms with Gasteiger partial charge in [0.1, 0.15) is 5.75 Å². The molecule has 0 aliphatic rings. The number of carbonyl (C=O) groups excluding carboxylic acids is 1. The second-order valence-electron chi connectivity index (χ2n) is 6.40. The summed E-state index contributed by atoms with van der Waals surface area (Å²) in [5.41, 5.74) is 0.250. The Morgan fingerprint density at radius 3 is 2.30 bits per heavy atom. The highest BCUT2D eigenvalue weighted by atomic mass is 19.4. The molecular formula is C19H22F3N3O2. The van der Waals surface area contributed by atoms with Crippen LogP contribution in [0.5, 0.6) is 5.75 Å². The van der Waals surface area contributed by atoms with E-state index in [1.54, 1.807) is 18.2 Å². The molecule has 2 aromatic carbocycles. The largest absolute Gasteiger partial charge is 0.508 e. The van der Waals surface area contributed by atoms with Gasteiger partial charge >= 0.3 is 12.2 Å². The third kappa shape index (κ3) is 6.49. The maximum Gasteiger partial charge on any atom is 0.416 e. The highest BCUT2D eigenvalue weighted by Gasteiger charge is 2.30. The Bertz CT molecular complexity index is 762. The maximum absolute atomic E-state index is 12.6. The second kappa shape index (κ2) is 8.77. The number of hydrogen-bond donors (Lipinski definition) is 2. The average Bonchev–Trinajstić information content (AvgIpc) is 2.58. The predicted octanol–water partition coefficient (Wildman–Crippen LogP) is 4.01. The number of anilines is 1. The van der Waals surface area contributed by atoms with Crippen molar-refractivity contribution in [3.05, 3.63) is 59.7 Å². The first-order chi connectivity index (χ1) is 12.6. The van der Waals surface area contributed by atoms with Gasteiger partial charge in [-0.1, -0.05) is 12.1 Å². The summed E-state index contributed by atoms with van der Waals surface area (Å²) in [6.45, 7) is 1.28. The lowest BCUT2D eigenvalue weighted by Gasteiger charge is -2.25. The van der Waals surface area contributed by atoms with Crippen LogP contribution >= 0.6 is 0 Å². The van der Waals surface area contributed by atoms with Gasteiger partial charge in [0.2, 0.25) is 0 Å². The third-order valence-electron chi connectivity index (χ3n) is 3.85. The van der Waals surface area contributed by atoms with Crippen molar-refractivity contribution in [3.63, 3.8) is 0 Å². The van der Waals surface area contributed by atoms with Crippen molar-refractivity contribution in [1.82, 2.24) is 9.80 Å². The van der Waals surface area contributed by atoms with Crippen molar-refractivity contribution in [2.75, 3.05) is 32.5 Å². The van der Waals surface area contributed by atoms with E-state index in [2.05, 4.69) is 5.32 Å². The highest BCUT2D eigenvalue weighted by Crippen LogP contribution is 2.29. The van der Waals surface area contributed by atoms with Crippen molar-refractivity contribution >= 4 is 11.7 Å². The van der Waals surface area contributed by atoms with E-state index >= 15 is 0 Å². The first-order valence-electron chi connectivity index (χ1n) is 8.31. The van der Waals surface area contributed by atoms with Crippen LogP contribution in [-0.2, 0) is 12.7 Å². The molecule has 27 heavy (non-hydrogen) atoms. The van der Waals surface area contributed by atoms with Crippen LogP contribution in [0.1, 0.15) is 11.1 Å². The second-order valence-corrected chi connectivity index (χ2v) is 6.40. The molecule has 2 amide bonds. The number of halogens is 3. The predicted molar refractivity (Wildman–Crippen MR) is 97.5 cm³/mol. The summed E-state index contributed by atoms with van der Waals surface area (Å²) in [5, 5.41) is 12.2. The Morgan fingerprint density at radius 1 is 1.07 bits per heavy atom. The number of likely N-dealkylation sites (N-methyl/N-ethyl adjacent to an activating group) is 1. The molecule has 8 heteroatoms. The number of nitrogens with one attached hydrogen (secondary N) is 1. The first kappa shape index (κ1) is 20.6. The van der Waals surface area contributed by atoms with Crippen molar-refractivity contribution in [2.45, 2.75) is 12.7 Å². The molecule has 0 saturated carbocycles. The highest BCUT2D eigenvalue weighted by molar-refractivity contribution is 5.89. The number of phenols is 1. The van der Waals surface area contributed by atoms with Crippen LogP contribution in [0.4, 0.5) is 23.7 Å². The standard InChI is InChI=1S/C19H22F3N3O2/c1-24(2)10-11-25(13-14-4-3-5-17(26)12-14)18(27)23-16-8-6-15(7-9-16)19(20,21)22/h3-9,12,26H,10-11,13H2,1-2H3,(H,23,27). The van der Waals surface area contributed by atoms with Crippen LogP contribution < -0.4 is 5.32 Å². The van der Waals surface area contributed by atoms with Gasteiger partial charge in [-0.2, -0.15) is 13.2 Å². The minimum Gasteiger partial charge on any atom is -0.508 e. The van der Waals surface area contributed by atoms with E-state index in [0.29, 0.717) is 13.1 Å². The van der Waals surface area contributed by atoms with Gasteiger partial charge < -0.3 is 20.2 Å². The smallest absolute Gasteiger partial charge is 0.416 e. The van der Waals surface area contributed by atoms with Crippen LogP contribution in [0.2, 0.25) is 0 Å². The molecule has 0 atom stereocenters. The Balaban J connectivity index is 2.10. The molecule has 0 aliphatic heterocycles. The van der Waals surface area contributed by atoms with E-state index in [1.165, 1.54) is 23.1 Å². The van der Waals surface area contributed by atoms with Crippen LogP contribution in [0.25, 0.3) is 0 Å². The molecule has 146 valence electrons. The lowest BCUT2D eigenvalue weighted by Crippen LogP contribution is -2.39. The minimum absolute atomic E-state index is 0.100. The Hall–Kier alpha value is -2.74. The van der Waals surface area contributed by atoms with E-state index in [9.17, 15) is 23.1 Å². The van der Waals surface area contributed by atoms with Gasteiger partial charge in [0.15, 0.2) is 0 Å². The molecule has 2 rings (SSSR count). The normalized spacial score (nSPS) is 11.5. The average molecular weight is 381 g/mol. The molecule has 5 nitrogen and oxygen atoms in total. The van der Waals surface area contributed by atoms with Crippen molar-refractivity contribution in [3.8, 4) is 5.75 Å². The summed E-state index contributed by atoms with van der Waals surface area (Å²) in [4.78, 5) is 16.1. The van der Waals surface area contributed by atoms with Crippen LogP contribution in [0.15, 0.2) is 48.5 Å². The summed E-state index contributed by atoms with van der Waals surface area (Å²) in [6.07, 6.45) is -4.42. The zero-order valence-corrected chi connectivity index (χ0v) is 15.1. The minimum atomic E-state index is -4.42. The molecule has 0 fully saturated rings. The van der Waals surface area contributed by atoms with E-state index in [0.717, 1.165) is 17.7 Å². The fourth-order valence-electron chi connectivity index (χ4n) is 2.39. The summed E-state index contributed by atoms with van der Waals surface area (Å²) >= 11 is 0. The van der Waals surface area contributed by atoms with Gasteiger partial charge in [0.25, 0.3) is 0 Å². The Labute approximate surface area is 156 Å². The zero-order chi connectivity index (χ0) is 20.0. The number of carbonyl (C=O) groups is 1. The summed E-state index contributed by atoms with van der Waals surface area (Å²) in [6, 6.07) is 10.4. The number of benzene rings is 2. The lowest BCUT2D eigenvalue weighted by molar-refractivity contribution is -0.137. The molecule has 0 radical (unpaired) electrons. The van der Waals surface area contributed by atoms with Gasteiger partial charge in [-0.15, -0.1) is 0 Å². The van der Waals surface area contributed by atoms with Crippen LogP contribution in [0, 0.1) is 0 Å². The number of rotatable bonds is 6. The summed E-state index contributed by atoms with van der Waals surface area (Å²) in [7, 11) is 3.75. The molecule has 0 bridgehead atoms. The van der Waals surface area contributed by atoms with Crippen molar-refractivity contribution < 1.29 is 23.1 Å². The van der Waals surface area contributed by atoms with E-state index < -0.39 is 17.8 Å². The SMILES string of the molecule is CN(C)CCN(Cc1cccc(O)c1)C(=O)Nc1ccc(C(F)(F)F)cc1. The van der Waals surface area contributed by atoms with E-state index in [4.69, 9.17) is 0 Å². The van der Waals surface area contributed by atoms with E-state index in [-0.39, 0.29) is 18.0 Å². The zero-order valence-electron chi connectivity index (χ0n) is 15.1. The summed E-state index contributed by atoms with van der Waals surface area (Å²) in [5.74, 6) is 0.100. The molecule has 0 spiro atoms. The fraction of sp³-hybridized carbons (Fsp3) is 0.316. The van der Waals surface area contributed by atoms with Crippen molar-refractivity contribution in [1.29, 1.82) is 0 Å². The van der Waals surface area contributed by atoms with Gasteiger partial charge in [0, 0.05) is 25.3 Å². The van der Waals surface area contributed by atoms with Gasteiger partial charge in [-0.3, -0.25) is 0 Å². The number of alkyl halides is 3. The van der Waals surface area contributed by atoms with Crippen LogP contribution in [-0.4, -0.2) is 48.1 Å². The van der Waals surface area contributed by atoms with E-state index in [1.807, 2.05) is 19.0 Å².